The molecule has 2 aliphatic carbocycles. The highest BCUT2D eigenvalue weighted by Gasteiger charge is 2.32. The van der Waals surface area contributed by atoms with Gasteiger partial charge in [0.15, 0.2) is 0 Å². The Morgan fingerprint density at radius 2 is 1.62 bits per heavy atom. The summed E-state index contributed by atoms with van der Waals surface area (Å²) in [5.74, 6) is -0.539. The van der Waals surface area contributed by atoms with Crippen LogP contribution in [-0.2, 0) is 23.8 Å². The van der Waals surface area contributed by atoms with Crippen molar-refractivity contribution >= 4 is 27.9 Å². The lowest BCUT2D eigenvalue weighted by atomic mass is 9.86. The molecule has 0 fully saturated rings. The van der Waals surface area contributed by atoms with E-state index in [0.29, 0.717) is 16.7 Å². The van der Waals surface area contributed by atoms with Crippen LogP contribution in [0.25, 0.3) is 0 Å². The number of hydrogen-bond acceptors (Lipinski definition) is 5. The molecule has 2 rings (SSSR count). The van der Waals surface area contributed by atoms with Crippen LogP contribution in [0.3, 0.4) is 0 Å². The van der Waals surface area contributed by atoms with Crippen molar-refractivity contribution in [1.29, 1.82) is 0 Å². The molecule has 5 nitrogen and oxygen atoms in total. The molecule has 0 heterocycles. The van der Waals surface area contributed by atoms with Gasteiger partial charge in [-0.25, -0.2) is 9.59 Å². The lowest BCUT2D eigenvalue weighted by Crippen LogP contribution is -2.18. The van der Waals surface area contributed by atoms with Crippen LogP contribution in [0.2, 0.25) is 0 Å². The van der Waals surface area contributed by atoms with E-state index < -0.39 is 11.9 Å². The van der Waals surface area contributed by atoms with Crippen LogP contribution in [0.1, 0.15) is 13.8 Å². The molecule has 2 aliphatic rings. The molecule has 6 heteroatoms. The molecular weight excluding hydrogens is 400 g/mol. The third-order valence-corrected chi connectivity index (χ3v) is 4.83. The summed E-state index contributed by atoms with van der Waals surface area (Å²) < 4.78 is 15.3. The fraction of sp³-hybridized carbons (Fsp3) is 0.300. The maximum atomic E-state index is 12.7. The number of esters is 2. The molecule has 0 radical (unpaired) electrons. The first-order chi connectivity index (χ1) is 12.4. The molecule has 0 aromatic heterocycles. The summed E-state index contributed by atoms with van der Waals surface area (Å²) in [7, 11) is 4.16. The van der Waals surface area contributed by atoms with E-state index in [1.165, 1.54) is 14.2 Å². The smallest absolute Gasteiger partial charge is 0.339 e. The van der Waals surface area contributed by atoms with Gasteiger partial charge in [-0.1, -0.05) is 22.0 Å². The predicted molar refractivity (Wildman–Crippen MR) is 103 cm³/mol. The summed E-state index contributed by atoms with van der Waals surface area (Å²) in [6, 6.07) is 0. The van der Waals surface area contributed by atoms with E-state index in [9.17, 15) is 9.59 Å². The number of fused-ring (bicyclic) bond motifs is 1. The molecule has 138 valence electrons. The highest BCUT2D eigenvalue weighted by molar-refractivity contribution is 9.09. The van der Waals surface area contributed by atoms with Crippen molar-refractivity contribution < 1.29 is 23.8 Å². The number of halogens is 1. The van der Waals surface area contributed by atoms with Crippen LogP contribution in [0.4, 0.5) is 0 Å². The second-order valence-corrected chi connectivity index (χ2v) is 6.34. The number of alkyl halides is 1. The van der Waals surface area contributed by atoms with E-state index in [1.54, 1.807) is 19.3 Å². The minimum absolute atomic E-state index is 0.157. The Hall–Kier alpha value is -2.34. The van der Waals surface area contributed by atoms with Crippen LogP contribution in [0.5, 0.6) is 0 Å². The molecule has 0 spiro atoms. The van der Waals surface area contributed by atoms with E-state index in [-0.39, 0.29) is 11.1 Å². The van der Waals surface area contributed by atoms with E-state index in [0.717, 1.165) is 22.3 Å². The van der Waals surface area contributed by atoms with Gasteiger partial charge in [0.25, 0.3) is 0 Å². The largest absolute Gasteiger partial charge is 0.497 e. The minimum atomic E-state index is -0.599. The van der Waals surface area contributed by atoms with Gasteiger partial charge in [0.05, 0.1) is 32.5 Å². The van der Waals surface area contributed by atoms with Gasteiger partial charge in [-0.2, -0.15) is 0 Å². The average Bonchev–Trinajstić information content (AvgIpc) is 2.88. The van der Waals surface area contributed by atoms with Gasteiger partial charge in [0.2, 0.25) is 0 Å². The number of allylic oxidation sites excluding steroid dienone is 9. The van der Waals surface area contributed by atoms with Crippen molar-refractivity contribution in [3.63, 3.8) is 0 Å². The van der Waals surface area contributed by atoms with Crippen molar-refractivity contribution in [3.8, 4) is 0 Å². The second kappa shape index (κ2) is 8.36. The molecular formula is C20H21BrO5. The molecule has 0 N–H and O–H groups in total. The van der Waals surface area contributed by atoms with Gasteiger partial charge in [-0.05, 0) is 54.4 Å². The molecule has 0 aromatic carbocycles. The third-order valence-electron chi connectivity index (χ3n) is 4.23. The number of hydrogen-bond donors (Lipinski definition) is 0. The SMILES string of the molecule is COC(=O)C1=CC=C(C)C2=C(C)C=C(OC)C=C(CBr)C2=C1C(=O)OC. The summed E-state index contributed by atoms with van der Waals surface area (Å²) in [4.78, 5) is 25.0. The van der Waals surface area contributed by atoms with Crippen LogP contribution in [0.15, 0.2) is 69.1 Å². The number of methoxy groups -OCH3 is 3. The predicted octanol–water partition coefficient (Wildman–Crippen LogP) is 3.70. The summed E-state index contributed by atoms with van der Waals surface area (Å²) in [6.07, 6.45) is 7.15. The monoisotopic (exact) mass is 420 g/mol. The van der Waals surface area contributed by atoms with Gasteiger partial charge in [-0.15, -0.1) is 0 Å². The molecule has 0 saturated heterocycles. The maximum Gasteiger partial charge on any atom is 0.339 e. The molecule has 0 unspecified atom stereocenters. The molecule has 26 heavy (non-hydrogen) atoms. The van der Waals surface area contributed by atoms with Crippen molar-refractivity contribution in [1.82, 2.24) is 0 Å². The summed E-state index contributed by atoms with van der Waals surface area (Å²) in [5.41, 5.74) is 4.46. The second-order valence-electron chi connectivity index (χ2n) is 5.78. The van der Waals surface area contributed by atoms with Gasteiger partial charge in [0, 0.05) is 10.9 Å². The van der Waals surface area contributed by atoms with Crippen LogP contribution in [0, 0.1) is 0 Å². The Morgan fingerprint density at radius 1 is 0.962 bits per heavy atom. The van der Waals surface area contributed by atoms with Crippen LogP contribution >= 0.6 is 15.9 Å². The van der Waals surface area contributed by atoms with Crippen LogP contribution in [-0.4, -0.2) is 38.6 Å². The number of carbonyl (C=O) groups is 2. The van der Waals surface area contributed by atoms with E-state index in [4.69, 9.17) is 14.2 Å². The van der Waals surface area contributed by atoms with E-state index in [1.807, 2.05) is 26.0 Å². The normalized spacial score (nSPS) is 17.2. The highest BCUT2D eigenvalue weighted by atomic mass is 79.9. The zero-order chi connectivity index (χ0) is 19.4. The summed E-state index contributed by atoms with van der Waals surface area (Å²) >= 11 is 3.49. The summed E-state index contributed by atoms with van der Waals surface area (Å²) in [6.45, 7) is 3.87. The Kier molecular flexibility index (Phi) is 6.42. The Morgan fingerprint density at radius 3 is 2.15 bits per heavy atom. The average molecular weight is 421 g/mol. The van der Waals surface area contributed by atoms with E-state index >= 15 is 0 Å². The zero-order valence-corrected chi connectivity index (χ0v) is 17.0. The Labute approximate surface area is 161 Å². The molecule has 0 bridgehead atoms. The fourth-order valence-corrected chi connectivity index (χ4v) is 3.49. The lowest BCUT2D eigenvalue weighted by molar-refractivity contribution is -0.139. The van der Waals surface area contributed by atoms with Gasteiger partial charge >= 0.3 is 11.9 Å². The Balaban J connectivity index is 2.98. The van der Waals surface area contributed by atoms with E-state index in [2.05, 4.69) is 15.9 Å². The first kappa shape index (κ1) is 20.0. The number of ether oxygens (including phenoxy) is 3. The fourth-order valence-electron chi connectivity index (χ4n) is 3.05. The van der Waals surface area contributed by atoms with Crippen molar-refractivity contribution in [3.05, 3.63) is 69.1 Å². The molecule has 0 aliphatic heterocycles. The quantitative estimate of drug-likeness (QED) is 0.512. The number of carbonyl (C=O) groups excluding carboxylic acids is 2. The molecule has 0 amide bonds. The molecule has 0 atom stereocenters. The Bertz CT molecular complexity index is 834. The van der Waals surface area contributed by atoms with Gasteiger partial charge < -0.3 is 14.2 Å². The topological polar surface area (TPSA) is 61.8 Å². The van der Waals surface area contributed by atoms with Crippen molar-refractivity contribution in [2.45, 2.75) is 13.8 Å². The van der Waals surface area contributed by atoms with Gasteiger partial charge in [0.1, 0.15) is 5.76 Å². The first-order valence-electron chi connectivity index (χ1n) is 7.93. The van der Waals surface area contributed by atoms with Crippen LogP contribution < -0.4 is 0 Å². The minimum Gasteiger partial charge on any atom is -0.497 e. The van der Waals surface area contributed by atoms with Crippen molar-refractivity contribution in [2.75, 3.05) is 26.7 Å². The molecule has 0 aromatic rings. The summed E-state index contributed by atoms with van der Waals surface area (Å²) in [5, 5.41) is 0.460. The zero-order valence-electron chi connectivity index (χ0n) is 15.4. The first-order valence-corrected chi connectivity index (χ1v) is 9.05. The molecule has 0 saturated carbocycles. The lowest BCUT2D eigenvalue weighted by Gasteiger charge is -2.19. The third kappa shape index (κ3) is 3.60. The highest BCUT2D eigenvalue weighted by Crippen LogP contribution is 2.40. The maximum absolute atomic E-state index is 12.7. The standard InChI is InChI=1S/C20H21BrO5/c1-11-6-7-15(19(22)25-4)18(20(23)26-5)17-13(10-21)9-14(24-3)8-12(2)16(11)17/h6-9H,10H2,1-5H3. The number of rotatable bonds is 4. The van der Waals surface area contributed by atoms with Crippen molar-refractivity contribution in [2.24, 2.45) is 0 Å². The van der Waals surface area contributed by atoms with Gasteiger partial charge in [-0.3, -0.25) is 0 Å².